The summed E-state index contributed by atoms with van der Waals surface area (Å²) in [4.78, 5) is 26.2. The lowest BCUT2D eigenvalue weighted by Gasteiger charge is -2.34. The number of hydrogen-bond donors (Lipinski definition) is 3. The Morgan fingerprint density at radius 1 is 1.11 bits per heavy atom. The Labute approximate surface area is 213 Å². The van der Waals surface area contributed by atoms with Crippen molar-refractivity contribution in [1.29, 1.82) is 0 Å². The fourth-order valence-electron chi connectivity index (χ4n) is 5.08. The number of rotatable bonds is 12. The highest BCUT2D eigenvalue weighted by atomic mass is 16.5. The van der Waals surface area contributed by atoms with Crippen LogP contribution >= 0.6 is 0 Å². The molecule has 0 radical (unpaired) electrons. The van der Waals surface area contributed by atoms with Gasteiger partial charge < -0.3 is 25.2 Å². The van der Waals surface area contributed by atoms with E-state index in [1.165, 1.54) is 0 Å². The van der Waals surface area contributed by atoms with Crippen molar-refractivity contribution >= 4 is 17.6 Å². The maximum Gasteiger partial charge on any atom is 0.303 e. The highest BCUT2D eigenvalue weighted by Gasteiger charge is 2.34. The summed E-state index contributed by atoms with van der Waals surface area (Å²) in [5, 5.41) is 22.4. The third-order valence-electron chi connectivity index (χ3n) is 7.35. The predicted octanol–water partition coefficient (Wildman–Crippen LogP) is 5.19. The molecule has 1 saturated carbocycles. The molecule has 2 aromatic rings. The maximum absolute atomic E-state index is 12.7. The number of carboxylic acids is 1. The smallest absolute Gasteiger partial charge is 0.303 e. The van der Waals surface area contributed by atoms with E-state index in [9.17, 15) is 19.8 Å². The first-order valence-electron chi connectivity index (χ1n) is 13.2. The van der Waals surface area contributed by atoms with Gasteiger partial charge >= 0.3 is 5.97 Å². The molecule has 0 aromatic heterocycles. The van der Waals surface area contributed by atoms with Crippen molar-refractivity contribution in [1.82, 2.24) is 5.32 Å². The van der Waals surface area contributed by atoms with Crippen molar-refractivity contribution < 1.29 is 24.5 Å². The molecule has 1 saturated heterocycles. The Hall–Kier alpha value is -3.22. The molecule has 2 fully saturated rings. The third kappa shape index (κ3) is 6.93. The molecule has 0 bridgehead atoms. The summed E-state index contributed by atoms with van der Waals surface area (Å²) in [6, 6.07) is 12.9. The standard InChI is InChI=1S/C29H38N2O5/c1-2-3-13-30-29(35)25-10-9-23(32)17-27(25)31-14-11-20(12-15-31)19-36-24-6-4-5-22(16-24)26(18-28(33)34)21-7-8-21/h4-6,9-10,16-17,20-21,26,32H,2-3,7-8,11-15,18-19H2,1H3,(H,30,35)(H,33,34). The van der Waals surface area contributed by atoms with E-state index >= 15 is 0 Å². The fraction of sp³-hybridized carbons (Fsp3) is 0.517. The molecule has 1 atom stereocenters. The van der Waals surface area contributed by atoms with Gasteiger partial charge in [0.2, 0.25) is 0 Å². The van der Waals surface area contributed by atoms with Crippen LogP contribution in [0.15, 0.2) is 42.5 Å². The molecular weight excluding hydrogens is 456 g/mol. The molecule has 2 aliphatic rings. The fourth-order valence-corrected chi connectivity index (χ4v) is 5.08. The number of hydrogen-bond acceptors (Lipinski definition) is 5. The third-order valence-corrected chi connectivity index (χ3v) is 7.35. The van der Waals surface area contributed by atoms with Gasteiger partial charge in [0.1, 0.15) is 11.5 Å². The monoisotopic (exact) mass is 494 g/mol. The molecule has 2 aromatic carbocycles. The van der Waals surface area contributed by atoms with Crippen molar-refractivity contribution in [2.45, 2.75) is 57.8 Å². The van der Waals surface area contributed by atoms with E-state index in [0.29, 0.717) is 30.6 Å². The summed E-state index contributed by atoms with van der Waals surface area (Å²) in [6.07, 6.45) is 6.18. The Kier molecular flexibility index (Phi) is 8.73. The van der Waals surface area contributed by atoms with E-state index in [4.69, 9.17) is 4.74 Å². The number of amides is 1. The van der Waals surface area contributed by atoms with Gasteiger partial charge in [0.25, 0.3) is 5.91 Å². The second-order valence-corrected chi connectivity index (χ2v) is 10.2. The largest absolute Gasteiger partial charge is 0.508 e. The number of aliphatic carboxylic acids is 1. The molecule has 194 valence electrons. The topological polar surface area (TPSA) is 99.1 Å². The molecule has 1 heterocycles. The number of unbranched alkanes of at least 4 members (excludes halogenated alkanes) is 1. The van der Waals surface area contributed by atoms with E-state index in [2.05, 4.69) is 17.1 Å². The number of phenols is 1. The van der Waals surface area contributed by atoms with Crippen molar-refractivity contribution in [2.24, 2.45) is 11.8 Å². The molecule has 1 aliphatic heterocycles. The van der Waals surface area contributed by atoms with Crippen LogP contribution in [0.2, 0.25) is 0 Å². The molecule has 1 amide bonds. The number of piperidine rings is 1. The second kappa shape index (κ2) is 12.2. The highest BCUT2D eigenvalue weighted by Crippen LogP contribution is 2.45. The van der Waals surface area contributed by atoms with Crippen LogP contribution in [-0.4, -0.2) is 48.3 Å². The van der Waals surface area contributed by atoms with Crippen LogP contribution in [0.5, 0.6) is 11.5 Å². The van der Waals surface area contributed by atoms with Crippen LogP contribution < -0.4 is 15.0 Å². The quantitative estimate of drug-likeness (QED) is 0.352. The number of carbonyl (C=O) groups is 2. The average Bonchev–Trinajstić information content (AvgIpc) is 3.72. The molecule has 7 nitrogen and oxygen atoms in total. The van der Waals surface area contributed by atoms with Gasteiger partial charge in [0, 0.05) is 25.7 Å². The average molecular weight is 495 g/mol. The van der Waals surface area contributed by atoms with Gasteiger partial charge in [-0.2, -0.15) is 0 Å². The zero-order valence-corrected chi connectivity index (χ0v) is 21.1. The number of carbonyl (C=O) groups excluding carboxylic acids is 1. The Balaban J connectivity index is 1.32. The van der Waals surface area contributed by atoms with Crippen LogP contribution in [-0.2, 0) is 4.79 Å². The van der Waals surface area contributed by atoms with Crippen molar-refractivity contribution in [2.75, 3.05) is 31.1 Å². The van der Waals surface area contributed by atoms with Gasteiger partial charge in [0.15, 0.2) is 0 Å². The summed E-state index contributed by atoms with van der Waals surface area (Å²) in [6.45, 7) is 4.92. The molecular formula is C29H38N2O5. The molecule has 7 heteroatoms. The number of carboxylic acid groups (broad SMARTS) is 1. The van der Waals surface area contributed by atoms with Gasteiger partial charge in [-0.1, -0.05) is 25.5 Å². The number of ether oxygens (including phenoxy) is 1. The van der Waals surface area contributed by atoms with E-state index in [0.717, 1.165) is 68.6 Å². The van der Waals surface area contributed by atoms with Crippen LogP contribution in [0.25, 0.3) is 0 Å². The Bertz CT molecular complexity index is 1040. The number of nitrogens with one attached hydrogen (secondary N) is 1. The predicted molar refractivity (Wildman–Crippen MR) is 140 cm³/mol. The summed E-state index contributed by atoms with van der Waals surface area (Å²) in [7, 11) is 0. The lowest BCUT2D eigenvalue weighted by Crippen LogP contribution is -2.37. The first-order chi connectivity index (χ1) is 17.4. The number of phenolic OH excluding ortho intramolecular Hbond substituents is 1. The summed E-state index contributed by atoms with van der Waals surface area (Å²) >= 11 is 0. The van der Waals surface area contributed by atoms with Gasteiger partial charge in [0.05, 0.1) is 24.3 Å². The molecule has 1 unspecified atom stereocenters. The normalized spacial score (nSPS) is 17.0. The number of benzene rings is 2. The molecule has 36 heavy (non-hydrogen) atoms. The van der Waals surface area contributed by atoms with E-state index < -0.39 is 5.97 Å². The molecule has 1 aliphatic carbocycles. The Morgan fingerprint density at radius 2 is 1.89 bits per heavy atom. The van der Waals surface area contributed by atoms with Crippen LogP contribution in [0.3, 0.4) is 0 Å². The van der Waals surface area contributed by atoms with E-state index in [-0.39, 0.29) is 24.0 Å². The van der Waals surface area contributed by atoms with Crippen LogP contribution in [0.1, 0.15) is 73.7 Å². The summed E-state index contributed by atoms with van der Waals surface area (Å²) in [5.41, 5.74) is 2.43. The number of anilines is 1. The van der Waals surface area contributed by atoms with Crippen molar-refractivity contribution in [3.63, 3.8) is 0 Å². The maximum atomic E-state index is 12.7. The zero-order valence-electron chi connectivity index (χ0n) is 21.1. The number of nitrogens with zero attached hydrogens (tertiary/aromatic N) is 1. The lowest BCUT2D eigenvalue weighted by molar-refractivity contribution is -0.137. The second-order valence-electron chi connectivity index (χ2n) is 10.2. The highest BCUT2D eigenvalue weighted by molar-refractivity contribution is 6.00. The summed E-state index contributed by atoms with van der Waals surface area (Å²) < 4.78 is 6.15. The minimum Gasteiger partial charge on any atom is -0.508 e. The van der Waals surface area contributed by atoms with Crippen LogP contribution in [0.4, 0.5) is 5.69 Å². The van der Waals surface area contributed by atoms with Gasteiger partial charge in [-0.3, -0.25) is 9.59 Å². The van der Waals surface area contributed by atoms with Crippen LogP contribution in [0, 0.1) is 11.8 Å². The minimum absolute atomic E-state index is 0.0601. The van der Waals surface area contributed by atoms with Gasteiger partial charge in [-0.05, 0) is 79.7 Å². The number of aromatic hydroxyl groups is 1. The van der Waals surface area contributed by atoms with Gasteiger partial charge in [-0.25, -0.2) is 0 Å². The van der Waals surface area contributed by atoms with Crippen molar-refractivity contribution in [3.05, 3.63) is 53.6 Å². The molecule has 3 N–H and O–H groups in total. The Morgan fingerprint density at radius 3 is 2.58 bits per heavy atom. The minimum atomic E-state index is -0.752. The zero-order chi connectivity index (χ0) is 25.5. The first kappa shape index (κ1) is 25.9. The van der Waals surface area contributed by atoms with E-state index in [1.807, 2.05) is 24.3 Å². The first-order valence-corrected chi connectivity index (χ1v) is 13.2. The van der Waals surface area contributed by atoms with E-state index in [1.54, 1.807) is 18.2 Å². The molecule has 4 rings (SSSR count). The van der Waals surface area contributed by atoms with Gasteiger partial charge in [-0.15, -0.1) is 0 Å². The van der Waals surface area contributed by atoms with Crippen molar-refractivity contribution in [3.8, 4) is 11.5 Å². The SMILES string of the molecule is CCCCNC(=O)c1ccc(O)cc1N1CCC(COc2cccc(C(CC(=O)O)C3CC3)c2)CC1. The summed E-state index contributed by atoms with van der Waals surface area (Å²) in [5.74, 6) is 1.02. The lowest BCUT2D eigenvalue weighted by atomic mass is 9.91. The molecule has 0 spiro atoms.